The number of anilines is 4. The summed E-state index contributed by atoms with van der Waals surface area (Å²) in [5, 5.41) is 13.2. The summed E-state index contributed by atoms with van der Waals surface area (Å²) in [6.45, 7) is 1.88. The molecule has 5 N–H and O–H groups in total. The maximum absolute atomic E-state index is 15.0. The van der Waals surface area contributed by atoms with Crippen molar-refractivity contribution in [1.29, 1.82) is 0 Å². The molecule has 0 aliphatic heterocycles. The number of hydrogen-bond donors (Lipinski definition) is 4. The second-order valence-electron chi connectivity index (χ2n) is 6.92. The van der Waals surface area contributed by atoms with E-state index in [0.717, 1.165) is 24.1 Å². The molecule has 0 spiro atoms. The highest BCUT2D eigenvalue weighted by molar-refractivity contribution is 5.76. The lowest BCUT2D eigenvalue weighted by Gasteiger charge is -2.18. The minimum atomic E-state index is -0.486. The first-order chi connectivity index (χ1) is 13.0. The largest absolute Gasteiger partial charge is 0.397 e. The van der Waals surface area contributed by atoms with Crippen molar-refractivity contribution >= 4 is 22.9 Å². The van der Waals surface area contributed by atoms with E-state index in [1.54, 1.807) is 24.3 Å². The van der Waals surface area contributed by atoms with Gasteiger partial charge >= 0.3 is 0 Å². The summed E-state index contributed by atoms with van der Waals surface area (Å²) in [5.41, 5.74) is 8.65. The van der Waals surface area contributed by atoms with Crippen LogP contribution in [0.1, 0.15) is 43.0 Å². The van der Waals surface area contributed by atoms with E-state index in [9.17, 15) is 4.39 Å². The number of halogens is 2. The highest BCUT2D eigenvalue weighted by Crippen LogP contribution is 2.40. The summed E-state index contributed by atoms with van der Waals surface area (Å²) in [7, 11) is 0. The summed E-state index contributed by atoms with van der Waals surface area (Å²) in [4.78, 5) is 0. The summed E-state index contributed by atoms with van der Waals surface area (Å²) in [5.74, 6) is 0.270. The molecule has 0 bridgehead atoms. The molecule has 1 fully saturated rings. The van der Waals surface area contributed by atoms with E-state index in [0.29, 0.717) is 23.1 Å². The summed E-state index contributed by atoms with van der Waals surface area (Å²) >= 11 is 0. The standard InChI is InChI=1S/C20H21F2N5/c1-11(12-4-6-14(21)7-5-12)24-16-9-8-15(23)20(19(16)22)25-18-10-17(26-27-18)13-2-3-13/h4-11,13,24H,2-3,23H2,1H3,(H2,25,26,27)/t11-/m0/s1. The maximum atomic E-state index is 15.0. The lowest BCUT2D eigenvalue weighted by atomic mass is 10.1. The number of benzene rings is 2. The fourth-order valence-electron chi connectivity index (χ4n) is 3.03. The predicted molar refractivity (Wildman–Crippen MR) is 103 cm³/mol. The first kappa shape index (κ1) is 17.3. The smallest absolute Gasteiger partial charge is 0.171 e. The minimum Gasteiger partial charge on any atom is -0.397 e. The van der Waals surface area contributed by atoms with Crippen molar-refractivity contribution in [3.05, 3.63) is 65.4 Å². The molecule has 4 rings (SSSR count). The average molecular weight is 369 g/mol. The predicted octanol–water partition coefficient (Wildman–Crippen LogP) is 5.06. The Morgan fingerprint density at radius 1 is 1.15 bits per heavy atom. The fraction of sp³-hybridized carbons (Fsp3) is 0.250. The van der Waals surface area contributed by atoms with E-state index in [2.05, 4.69) is 20.8 Å². The summed E-state index contributed by atoms with van der Waals surface area (Å²) in [6.07, 6.45) is 2.30. The van der Waals surface area contributed by atoms with Crippen molar-refractivity contribution in [2.45, 2.75) is 31.7 Å². The molecule has 0 radical (unpaired) electrons. The van der Waals surface area contributed by atoms with Gasteiger partial charge in [-0.05, 0) is 49.6 Å². The van der Waals surface area contributed by atoms with Crippen LogP contribution in [0.2, 0.25) is 0 Å². The molecule has 0 amide bonds. The number of nitrogen functional groups attached to an aromatic ring is 1. The topological polar surface area (TPSA) is 78.8 Å². The first-order valence-corrected chi connectivity index (χ1v) is 8.93. The summed E-state index contributed by atoms with van der Waals surface area (Å²) in [6, 6.07) is 11.0. The van der Waals surface area contributed by atoms with Crippen molar-refractivity contribution in [2.75, 3.05) is 16.4 Å². The van der Waals surface area contributed by atoms with Crippen LogP contribution in [0.3, 0.4) is 0 Å². The van der Waals surface area contributed by atoms with Gasteiger partial charge in [0.25, 0.3) is 0 Å². The van der Waals surface area contributed by atoms with Crippen LogP contribution in [0.25, 0.3) is 0 Å². The minimum absolute atomic E-state index is 0.181. The molecule has 1 saturated carbocycles. The molecular weight excluding hydrogens is 348 g/mol. The molecule has 1 atom stereocenters. The highest BCUT2D eigenvalue weighted by Gasteiger charge is 2.26. The molecule has 1 heterocycles. The van der Waals surface area contributed by atoms with Crippen LogP contribution >= 0.6 is 0 Å². The van der Waals surface area contributed by atoms with E-state index in [-0.39, 0.29) is 17.5 Å². The van der Waals surface area contributed by atoms with Gasteiger partial charge in [0.15, 0.2) is 11.6 Å². The molecule has 7 heteroatoms. The number of H-pyrrole nitrogens is 1. The van der Waals surface area contributed by atoms with Gasteiger partial charge < -0.3 is 16.4 Å². The van der Waals surface area contributed by atoms with Gasteiger partial charge in [0.1, 0.15) is 11.5 Å². The Labute approximate surface area is 156 Å². The summed E-state index contributed by atoms with van der Waals surface area (Å²) < 4.78 is 28.1. The zero-order valence-corrected chi connectivity index (χ0v) is 14.9. The molecular formula is C20H21F2N5. The fourth-order valence-corrected chi connectivity index (χ4v) is 3.03. The van der Waals surface area contributed by atoms with Crippen molar-refractivity contribution in [1.82, 2.24) is 10.2 Å². The molecule has 1 aliphatic carbocycles. The monoisotopic (exact) mass is 369 g/mol. The third-order valence-corrected chi connectivity index (χ3v) is 4.78. The Balaban J connectivity index is 1.55. The second kappa shape index (κ2) is 6.90. The Kier molecular flexibility index (Phi) is 4.43. The van der Waals surface area contributed by atoms with Crippen LogP contribution in [0, 0.1) is 11.6 Å². The number of nitrogens with one attached hydrogen (secondary N) is 3. The Morgan fingerprint density at radius 2 is 1.89 bits per heavy atom. The van der Waals surface area contributed by atoms with Gasteiger partial charge in [0.05, 0.1) is 11.4 Å². The Bertz CT molecular complexity index is 948. The number of rotatable bonds is 6. The maximum Gasteiger partial charge on any atom is 0.171 e. The number of hydrogen-bond acceptors (Lipinski definition) is 4. The van der Waals surface area contributed by atoms with Crippen molar-refractivity contribution in [3.8, 4) is 0 Å². The zero-order valence-electron chi connectivity index (χ0n) is 14.9. The molecule has 0 unspecified atom stereocenters. The van der Waals surface area contributed by atoms with Crippen molar-refractivity contribution < 1.29 is 8.78 Å². The van der Waals surface area contributed by atoms with E-state index in [4.69, 9.17) is 5.73 Å². The highest BCUT2D eigenvalue weighted by atomic mass is 19.1. The number of aromatic nitrogens is 2. The van der Waals surface area contributed by atoms with E-state index in [1.165, 1.54) is 12.1 Å². The van der Waals surface area contributed by atoms with Crippen molar-refractivity contribution in [2.24, 2.45) is 0 Å². The lowest BCUT2D eigenvalue weighted by Crippen LogP contribution is -2.10. The van der Waals surface area contributed by atoms with Gasteiger partial charge in [-0.3, -0.25) is 5.10 Å². The van der Waals surface area contributed by atoms with Gasteiger partial charge in [0.2, 0.25) is 0 Å². The average Bonchev–Trinajstić information content (AvgIpc) is 3.40. The molecule has 3 aromatic rings. The first-order valence-electron chi connectivity index (χ1n) is 8.93. The Hall–Kier alpha value is -3.09. The quantitative estimate of drug-likeness (QED) is 0.458. The zero-order chi connectivity index (χ0) is 19.0. The van der Waals surface area contributed by atoms with Crippen LogP contribution in [0.5, 0.6) is 0 Å². The number of aromatic amines is 1. The van der Waals surface area contributed by atoms with Crippen molar-refractivity contribution in [3.63, 3.8) is 0 Å². The van der Waals surface area contributed by atoms with Gasteiger partial charge in [-0.2, -0.15) is 5.10 Å². The van der Waals surface area contributed by atoms with Crippen LogP contribution < -0.4 is 16.4 Å². The molecule has 1 aliphatic rings. The normalized spacial score (nSPS) is 14.8. The van der Waals surface area contributed by atoms with E-state index >= 15 is 4.39 Å². The van der Waals surface area contributed by atoms with Gasteiger partial charge in [-0.25, -0.2) is 8.78 Å². The Morgan fingerprint density at radius 3 is 2.59 bits per heavy atom. The molecule has 27 heavy (non-hydrogen) atoms. The molecule has 1 aromatic heterocycles. The molecule has 140 valence electrons. The number of nitrogens with two attached hydrogens (primary N) is 1. The van der Waals surface area contributed by atoms with Gasteiger partial charge in [-0.15, -0.1) is 0 Å². The third-order valence-electron chi connectivity index (χ3n) is 4.78. The van der Waals surface area contributed by atoms with Gasteiger partial charge in [0, 0.05) is 23.7 Å². The van der Waals surface area contributed by atoms with Crippen LogP contribution in [-0.4, -0.2) is 10.2 Å². The molecule has 2 aromatic carbocycles. The van der Waals surface area contributed by atoms with Gasteiger partial charge in [-0.1, -0.05) is 12.1 Å². The molecule has 5 nitrogen and oxygen atoms in total. The lowest BCUT2D eigenvalue weighted by molar-refractivity contribution is 0.625. The van der Waals surface area contributed by atoms with Crippen LogP contribution in [0.4, 0.5) is 31.7 Å². The second-order valence-corrected chi connectivity index (χ2v) is 6.92. The van der Waals surface area contributed by atoms with Crippen LogP contribution in [-0.2, 0) is 0 Å². The SMILES string of the molecule is C[C@H](Nc1ccc(N)c(Nc2cc(C3CC3)[nH]n2)c1F)c1ccc(F)cc1. The number of nitrogens with zero attached hydrogens (tertiary/aromatic N) is 1. The third kappa shape index (κ3) is 3.72. The van der Waals surface area contributed by atoms with Crippen LogP contribution in [0.15, 0.2) is 42.5 Å². The van der Waals surface area contributed by atoms with E-state index < -0.39 is 5.82 Å². The van der Waals surface area contributed by atoms with E-state index in [1.807, 2.05) is 13.0 Å². The molecule has 0 saturated heterocycles.